The predicted octanol–water partition coefficient (Wildman–Crippen LogP) is 1.65. The molecule has 2 rings (SSSR count). The van der Waals surface area contributed by atoms with Crippen molar-refractivity contribution in [2.24, 2.45) is 5.73 Å². The Morgan fingerprint density at radius 2 is 2.07 bits per heavy atom. The average Bonchev–Trinajstić information content (AvgIpc) is 2.25. The highest BCUT2D eigenvalue weighted by molar-refractivity contribution is 6.28. The van der Waals surface area contributed by atoms with Gasteiger partial charge in [0, 0.05) is 18.5 Å². The van der Waals surface area contributed by atoms with Gasteiger partial charge in [-0.05, 0) is 23.7 Å². The fourth-order valence-corrected chi connectivity index (χ4v) is 1.55. The molecule has 1 aromatic heterocycles. The Labute approximate surface area is 92.5 Å². The third-order valence-electron chi connectivity index (χ3n) is 2.01. The van der Waals surface area contributed by atoms with Gasteiger partial charge < -0.3 is 11.1 Å². The zero-order valence-electron chi connectivity index (χ0n) is 8.07. The third kappa shape index (κ3) is 2.16. The van der Waals surface area contributed by atoms with Gasteiger partial charge in [0.2, 0.25) is 5.28 Å². The number of aromatic nitrogens is 2. The highest BCUT2D eigenvalue weighted by atomic mass is 35.5. The van der Waals surface area contributed by atoms with E-state index in [1.807, 2.05) is 24.3 Å². The lowest BCUT2D eigenvalue weighted by Crippen LogP contribution is -2.14. The standard InChI is InChI=1S/C10H11ClN4/c11-10-14-8-4-2-1-3-7(8)9(15-10)13-6-5-12/h1-4H,5-6,12H2,(H,13,14,15). The molecule has 0 aliphatic rings. The largest absolute Gasteiger partial charge is 0.368 e. The predicted molar refractivity (Wildman–Crippen MR) is 62.1 cm³/mol. The maximum atomic E-state index is 5.81. The minimum Gasteiger partial charge on any atom is -0.368 e. The van der Waals surface area contributed by atoms with E-state index in [9.17, 15) is 0 Å². The summed E-state index contributed by atoms with van der Waals surface area (Å²) in [6.07, 6.45) is 0. The SMILES string of the molecule is NCCNc1nc(Cl)nc2ccccc12. The molecule has 1 heterocycles. The molecule has 1 aromatic carbocycles. The summed E-state index contributed by atoms with van der Waals surface area (Å²) >= 11 is 5.81. The smallest absolute Gasteiger partial charge is 0.224 e. The number of benzene rings is 1. The van der Waals surface area contributed by atoms with Crippen LogP contribution in [0.25, 0.3) is 10.9 Å². The van der Waals surface area contributed by atoms with Crippen LogP contribution in [0.5, 0.6) is 0 Å². The maximum Gasteiger partial charge on any atom is 0.224 e. The Hall–Kier alpha value is -1.39. The van der Waals surface area contributed by atoms with Gasteiger partial charge in [-0.15, -0.1) is 0 Å². The van der Waals surface area contributed by atoms with Gasteiger partial charge in [-0.2, -0.15) is 0 Å². The first-order valence-corrected chi connectivity index (χ1v) is 5.05. The van der Waals surface area contributed by atoms with Crippen LogP contribution in [-0.4, -0.2) is 23.1 Å². The molecule has 0 radical (unpaired) electrons. The molecule has 0 spiro atoms. The van der Waals surface area contributed by atoms with Crippen molar-refractivity contribution in [2.75, 3.05) is 18.4 Å². The molecule has 15 heavy (non-hydrogen) atoms. The van der Waals surface area contributed by atoms with E-state index < -0.39 is 0 Å². The number of hydrogen-bond donors (Lipinski definition) is 2. The molecule has 78 valence electrons. The Kier molecular flexibility index (Phi) is 2.99. The molecule has 2 aromatic rings. The molecule has 0 aliphatic carbocycles. The number of nitrogens with one attached hydrogen (secondary N) is 1. The van der Waals surface area contributed by atoms with E-state index in [0.29, 0.717) is 13.1 Å². The summed E-state index contributed by atoms with van der Waals surface area (Å²) in [6, 6.07) is 7.70. The van der Waals surface area contributed by atoms with Crippen molar-refractivity contribution >= 4 is 28.3 Å². The Morgan fingerprint density at radius 1 is 1.27 bits per heavy atom. The van der Waals surface area contributed by atoms with Crippen LogP contribution in [0.2, 0.25) is 5.28 Å². The van der Waals surface area contributed by atoms with Crippen LogP contribution in [0.4, 0.5) is 5.82 Å². The number of anilines is 1. The normalized spacial score (nSPS) is 10.5. The number of nitrogens with zero attached hydrogens (tertiary/aromatic N) is 2. The van der Waals surface area contributed by atoms with E-state index in [1.54, 1.807) is 0 Å². The summed E-state index contributed by atoms with van der Waals surface area (Å²) in [5, 5.41) is 4.32. The monoisotopic (exact) mass is 222 g/mol. The van der Waals surface area contributed by atoms with Crippen LogP contribution in [-0.2, 0) is 0 Å². The summed E-state index contributed by atoms with van der Waals surface area (Å²) in [7, 11) is 0. The summed E-state index contributed by atoms with van der Waals surface area (Å²) in [6.45, 7) is 1.22. The number of nitrogens with two attached hydrogens (primary N) is 1. The second-order valence-electron chi connectivity index (χ2n) is 3.07. The number of fused-ring (bicyclic) bond motifs is 1. The molecular weight excluding hydrogens is 212 g/mol. The zero-order chi connectivity index (χ0) is 10.7. The molecular formula is C10H11ClN4. The molecule has 0 fully saturated rings. The molecule has 0 unspecified atom stereocenters. The number of halogens is 1. The Morgan fingerprint density at radius 3 is 2.87 bits per heavy atom. The Balaban J connectivity index is 2.50. The van der Waals surface area contributed by atoms with Crippen LogP contribution in [0.15, 0.2) is 24.3 Å². The van der Waals surface area contributed by atoms with Crippen LogP contribution in [0, 0.1) is 0 Å². The van der Waals surface area contributed by atoms with Crippen LogP contribution >= 0.6 is 11.6 Å². The minimum absolute atomic E-state index is 0.244. The van der Waals surface area contributed by atoms with Gasteiger partial charge in [0.05, 0.1) is 5.52 Å². The fraction of sp³-hybridized carbons (Fsp3) is 0.200. The second kappa shape index (κ2) is 4.42. The van der Waals surface area contributed by atoms with Crippen molar-refractivity contribution < 1.29 is 0 Å². The van der Waals surface area contributed by atoms with Gasteiger partial charge in [-0.3, -0.25) is 0 Å². The highest BCUT2D eigenvalue weighted by Gasteiger charge is 2.04. The topological polar surface area (TPSA) is 63.8 Å². The molecule has 0 bridgehead atoms. The molecule has 0 atom stereocenters. The summed E-state index contributed by atoms with van der Waals surface area (Å²) in [5.41, 5.74) is 6.25. The van der Waals surface area contributed by atoms with E-state index in [0.717, 1.165) is 16.7 Å². The fourth-order valence-electron chi connectivity index (χ4n) is 1.37. The van der Waals surface area contributed by atoms with Crippen molar-refractivity contribution in [2.45, 2.75) is 0 Å². The summed E-state index contributed by atoms with van der Waals surface area (Å²) in [5.74, 6) is 0.732. The molecule has 0 aliphatic heterocycles. The minimum atomic E-state index is 0.244. The van der Waals surface area contributed by atoms with Crippen LogP contribution < -0.4 is 11.1 Å². The lowest BCUT2D eigenvalue weighted by molar-refractivity contribution is 1.01. The quantitative estimate of drug-likeness (QED) is 0.776. The molecule has 5 heteroatoms. The van der Waals surface area contributed by atoms with Gasteiger partial charge in [-0.1, -0.05) is 12.1 Å². The molecule has 0 amide bonds. The van der Waals surface area contributed by atoms with Crippen molar-refractivity contribution in [3.8, 4) is 0 Å². The van der Waals surface area contributed by atoms with E-state index in [1.165, 1.54) is 0 Å². The van der Waals surface area contributed by atoms with Crippen molar-refractivity contribution in [1.82, 2.24) is 9.97 Å². The van der Waals surface area contributed by atoms with Crippen molar-refractivity contribution in [1.29, 1.82) is 0 Å². The maximum absolute atomic E-state index is 5.81. The summed E-state index contributed by atoms with van der Waals surface area (Å²) < 4.78 is 0. The molecule has 0 saturated heterocycles. The van der Waals surface area contributed by atoms with E-state index in [4.69, 9.17) is 17.3 Å². The Bertz CT molecular complexity index is 472. The first-order valence-electron chi connectivity index (χ1n) is 4.67. The first-order chi connectivity index (χ1) is 7.31. The molecule has 3 N–H and O–H groups in total. The van der Waals surface area contributed by atoms with E-state index >= 15 is 0 Å². The van der Waals surface area contributed by atoms with Crippen LogP contribution in [0.3, 0.4) is 0 Å². The number of hydrogen-bond acceptors (Lipinski definition) is 4. The highest BCUT2D eigenvalue weighted by Crippen LogP contribution is 2.21. The van der Waals surface area contributed by atoms with Gasteiger partial charge in [0.1, 0.15) is 5.82 Å². The van der Waals surface area contributed by atoms with Gasteiger partial charge >= 0.3 is 0 Å². The third-order valence-corrected chi connectivity index (χ3v) is 2.18. The lowest BCUT2D eigenvalue weighted by Gasteiger charge is -2.07. The van der Waals surface area contributed by atoms with Gasteiger partial charge in [0.15, 0.2) is 0 Å². The van der Waals surface area contributed by atoms with Gasteiger partial charge in [-0.25, -0.2) is 9.97 Å². The second-order valence-corrected chi connectivity index (χ2v) is 3.41. The molecule has 0 saturated carbocycles. The number of rotatable bonds is 3. The van der Waals surface area contributed by atoms with Crippen molar-refractivity contribution in [3.05, 3.63) is 29.5 Å². The van der Waals surface area contributed by atoms with E-state index in [2.05, 4.69) is 15.3 Å². The lowest BCUT2D eigenvalue weighted by atomic mass is 10.2. The van der Waals surface area contributed by atoms with Gasteiger partial charge in [0.25, 0.3) is 0 Å². The zero-order valence-corrected chi connectivity index (χ0v) is 8.83. The molecule has 4 nitrogen and oxygen atoms in total. The summed E-state index contributed by atoms with van der Waals surface area (Å²) in [4.78, 5) is 8.25. The van der Waals surface area contributed by atoms with E-state index in [-0.39, 0.29) is 5.28 Å². The average molecular weight is 223 g/mol. The first kappa shape index (κ1) is 10.1. The number of para-hydroxylation sites is 1. The van der Waals surface area contributed by atoms with Crippen LogP contribution in [0.1, 0.15) is 0 Å². The van der Waals surface area contributed by atoms with Crippen molar-refractivity contribution in [3.63, 3.8) is 0 Å².